The number of fused-ring (bicyclic) bond motifs is 3. The van der Waals surface area contributed by atoms with Crippen molar-refractivity contribution in [1.82, 2.24) is 19.0 Å². The predicted molar refractivity (Wildman–Crippen MR) is 142 cm³/mol. The zero-order chi connectivity index (χ0) is 26.3. The molecular formula is C29H32N4O4. The number of pyridine rings is 2. The molecule has 1 aliphatic heterocycles. The lowest BCUT2D eigenvalue weighted by Crippen LogP contribution is -2.40. The molecule has 0 bridgehead atoms. The molecule has 4 heterocycles. The van der Waals surface area contributed by atoms with Crippen molar-refractivity contribution in [3.8, 4) is 11.4 Å². The van der Waals surface area contributed by atoms with E-state index in [0.29, 0.717) is 25.4 Å². The zero-order valence-corrected chi connectivity index (χ0v) is 21.9. The van der Waals surface area contributed by atoms with Gasteiger partial charge < -0.3 is 18.9 Å². The smallest absolute Gasteiger partial charge is 0.410 e. The van der Waals surface area contributed by atoms with Crippen LogP contribution in [-0.2, 0) is 31.4 Å². The lowest BCUT2D eigenvalue weighted by Gasteiger charge is -2.30. The summed E-state index contributed by atoms with van der Waals surface area (Å²) in [6, 6.07) is 13.2. The molecule has 5 rings (SSSR count). The summed E-state index contributed by atoms with van der Waals surface area (Å²) in [5, 5.41) is 1.08. The molecule has 0 saturated heterocycles. The van der Waals surface area contributed by atoms with E-state index in [2.05, 4.69) is 9.55 Å². The van der Waals surface area contributed by atoms with E-state index in [-0.39, 0.29) is 11.7 Å². The summed E-state index contributed by atoms with van der Waals surface area (Å²) in [6.07, 6.45) is 3.97. The van der Waals surface area contributed by atoms with Crippen LogP contribution in [0.25, 0.3) is 16.6 Å². The van der Waals surface area contributed by atoms with Crippen molar-refractivity contribution in [3.63, 3.8) is 0 Å². The van der Waals surface area contributed by atoms with Crippen LogP contribution in [-0.4, -0.2) is 37.3 Å². The van der Waals surface area contributed by atoms with Gasteiger partial charge in [-0.2, -0.15) is 0 Å². The average molecular weight is 501 g/mol. The molecule has 3 aromatic heterocycles. The van der Waals surface area contributed by atoms with Crippen LogP contribution in [0.3, 0.4) is 0 Å². The van der Waals surface area contributed by atoms with E-state index in [0.717, 1.165) is 39.8 Å². The lowest BCUT2D eigenvalue weighted by atomic mass is 10.0. The summed E-state index contributed by atoms with van der Waals surface area (Å²) in [6.45, 7) is 9.02. The first-order valence-electron chi connectivity index (χ1n) is 12.4. The summed E-state index contributed by atoms with van der Waals surface area (Å²) >= 11 is 0. The van der Waals surface area contributed by atoms with Crippen molar-refractivity contribution < 1.29 is 14.3 Å². The van der Waals surface area contributed by atoms with Gasteiger partial charge in [0, 0.05) is 66.4 Å². The van der Waals surface area contributed by atoms with Gasteiger partial charge >= 0.3 is 6.09 Å². The quantitative estimate of drug-likeness (QED) is 0.398. The van der Waals surface area contributed by atoms with Crippen LogP contribution in [0.4, 0.5) is 4.79 Å². The third-order valence-corrected chi connectivity index (χ3v) is 6.59. The Morgan fingerprint density at radius 3 is 2.62 bits per heavy atom. The first kappa shape index (κ1) is 24.6. The second kappa shape index (κ2) is 9.42. The Bertz CT molecular complexity index is 1530. The standard InChI is InChI=1S/C29H32N4O4/c1-19-6-7-20(16-30-19)18-36-22-10-13-33(27(34)15-22)21-8-9-23-24-17-32(28(35)37-29(2,3)4)12-11-25(24)31(5)26(23)14-21/h6-10,13-16H,11-12,17-18H2,1-5H3. The van der Waals surface area contributed by atoms with Crippen molar-refractivity contribution in [1.29, 1.82) is 0 Å². The molecule has 4 aromatic rings. The van der Waals surface area contributed by atoms with E-state index >= 15 is 0 Å². The number of hydrogen-bond acceptors (Lipinski definition) is 5. The normalized spacial score (nSPS) is 13.5. The number of hydrogen-bond donors (Lipinski definition) is 0. The first-order chi connectivity index (χ1) is 17.6. The fourth-order valence-corrected chi connectivity index (χ4v) is 4.71. The van der Waals surface area contributed by atoms with Gasteiger partial charge in [0.2, 0.25) is 0 Å². The number of nitrogens with zero attached hydrogens (tertiary/aromatic N) is 4. The highest BCUT2D eigenvalue weighted by atomic mass is 16.6. The second-order valence-corrected chi connectivity index (χ2v) is 10.5. The third-order valence-electron chi connectivity index (χ3n) is 6.59. The minimum Gasteiger partial charge on any atom is -0.489 e. The molecule has 192 valence electrons. The molecule has 0 spiro atoms. The molecule has 8 heteroatoms. The number of aromatic nitrogens is 3. The maximum atomic E-state index is 12.9. The number of rotatable bonds is 4. The van der Waals surface area contributed by atoms with E-state index in [4.69, 9.17) is 9.47 Å². The maximum absolute atomic E-state index is 12.9. The van der Waals surface area contributed by atoms with Gasteiger partial charge in [0.05, 0.1) is 17.7 Å². The van der Waals surface area contributed by atoms with Gasteiger partial charge in [-0.05, 0) is 52.0 Å². The molecule has 0 fully saturated rings. The topological polar surface area (TPSA) is 78.6 Å². The Balaban J connectivity index is 1.38. The highest BCUT2D eigenvalue weighted by molar-refractivity contribution is 5.88. The molecule has 0 N–H and O–H groups in total. The fraction of sp³-hybridized carbons (Fsp3) is 0.345. The molecule has 0 atom stereocenters. The monoisotopic (exact) mass is 500 g/mol. The van der Waals surface area contributed by atoms with Gasteiger partial charge in [-0.25, -0.2) is 4.79 Å². The van der Waals surface area contributed by atoms with Gasteiger partial charge in [-0.3, -0.25) is 14.3 Å². The van der Waals surface area contributed by atoms with Crippen molar-refractivity contribution in [3.05, 3.63) is 87.7 Å². The van der Waals surface area contributed by atoms with Crippen molar-refractivity contribution in [2.24, 2.45) is 7.05 Å². The number of ether oxygens (including phenoxy) is 2. The van der Waals surface area contributed by atoms with Crippen LogP contribution in [0.5, 0.6) is 5.75 Å². The number of carbonyl (C=O) groups excluding carboxylic acids is 1. The van der Waals surface area contributed by atoms with Gasteiger partial charge in [0.25, 0.3) is 5.56 Å². The summed E-state index contributed by atoms with van der Waals surface area (Å²) in [5.41, 5.74) is 5.31. The fourth-order valence-electron chi connectivity index (χ4n) is 4.71. The molecule has 0 unspecified atom stereocenters. The summed E-state index contributed by atoms with van der Waals surface area (Å²) in [4.78, 5) is 31.6. The van der Waals surface area contributed by atoms with Crippen LogP contribution < -0.4 is 10.3 Å². The van der Waals surface area contributed by atoms with Gasteiger partial charge in [0.15, 0.2) is 0 Å². The molecule has 37 heavy (non-hydrogen) atoms. The zero-order valence-electron chi connectivity index (χ0n) is 21.9. The van der Waals surface area contributed by atoms with E-state index < -0.39 is 5.60 Å². The van der Waals surface area contributed by atoms with Crippen molar-refractivity contribution >= 4 is 17.0 Å². The molecule has 0 radical (unpaired) electrons. The number of amides is 1. The van der Waals surface area contributed by atoms with Crippen LogP contribution in [0.2, 0.25) is 0 Å². The van der Waals surface area contributed by atoms with Gasteiger partial charge in [-0.1, -0.05) is 12.1 Å². The van der Waals surface area contributed by atoms with Crippen molar-refractivity contribution in [2.75, 3.05) is 6.54 Å². The Hall–Kier alpha value is -4.07. The van der Waals surface area contributed by atoms with Crippen LogP contribution in [0, 0.1) is 6.92 Å². The Labute approximate surface area is 216 Å². The molecule has 8 nitrogen and oxygen atoms in total. The van der Waals surface area contributed by atoms with E-state index in [9.17, 15) is 9.59 Å². The molecule has 0 aliphatic carbocycles. The largest absolute Gasteiger partial charge is 0.489 e. The maximum Gasteiger partial charge on any atom is 0.410 e. The Kier molecular flexibility index (Phi) is 6.27. The second-order valence-electron chi connectivity index (χ2n) is 10.5. The number of benzene rings is 1. The molecule has 0 saturated carbocycles. The molecule has 1 amide bonds. The Morgan fingerprint density at radius 1 is 1.11 bits per heavy atom. The van der Waals surface area contributed by atoms with E-state index in [1.165, 1.54) is 11.8 Å². The highest BCUT2D eigenvalue weighted by Crippen LogP contribution is 2.32. The molecule has 1 aromatic carbocycles. The average Bonchev–Trinajstić information content (AvgIpc) is 3.13. The van der Waals surface area contributed by atoms with E-state index in [1.807, 2.05) is 65.1 Å². The van der Waals surface area contributed by atoms with Gasteiger partial charge in [-0.15, -0.1) is 0 Å². The predicted octanol–water partition coefficient (Wildman–Crippen LogP) is 4.90. The first-order valence-corrected chi connectivity index (χ1v) is 12.4. The lowest BCUT2D eigenvalue weighted by molar-refractivity contribution is 0.0223. The molecular weight excluding hydrogens is 468 g/mol. The minimum absolute atomic E-state index is 0.172. The minimum atomic E-state index is -0.531. The number of aryl methyl sites for hydroxylation is 2. The molecule has 1 aliphatic rings. The number of carbonyl (C=O) groups is 1. The van der Waals surface area contributed by atoms with Crippen molar-refractivity contribution in [2.45, 2.75) is 52.9 Å². The summed E-state index contributed by atoms with van der Waals surface area (Å²) in [5.74, 6) is 0.513. The third kappa shape index (κ3) is 5.09. The SMILES string of the molecule is Cc1ccc(COc2ccn(-c3ccc4c5c(n(C)c4c3)CCN(C(=O)OC(C)(C)C)C5)c(=O)c2)cn1. The van der Waals surface area contributed by atoms with Crippen LogP contribution in [0.15, 0.2) is 59.7 Å². The highest BCUT2D eigenvalue weighted by Gasteiger charge is 2.29. The summed E-state index contributed by atoms with van der Waals surface area (Å²) < 4.78 is 15.2. The Morgan fingerprint density at radius 2 is 1.92 bits per heavy atom. The van der Waals surface area contributed by atoms with Crippen LogP contribution in [0.1, 0.15) is 43.3 Å². The van der Waals surface area contributed by atoms with E-state index in [1.54, 1.807) is 27.9 Å². The summed E-state index contributed by atoms with van der Waals surface area (Å²) in [7, 11) is 2.04. The van der Waals surface area contributed by atoms with Crippen LogP contribution >= 0.6 is 0 Å². The van der Waals surface area contributed by atoms with Gasteiger partial charge in [0.1, 0.15) is 18.0 Å².